The molecule has 7 nitrogen and oxygen atoms in total. The second-order valence-corrected chi connectivity index (χ2v) is 13.4. The van der Waals surface area contributed by atoms with Gasteiger partial charge in [0.2, 0.25) is 0 Å². The minimum absolute atomic E-state index is 0.0532. The van der Waals surface area contributed by atoms with Crippen molar-refractivity contribution in [1.29, 1.82) is 0 Å². The molecule has 0 saturated carbocycles. The smallest absolute Gasteiger partial charge is 0.416 e. The minimum atomic E-state index is -4.36. The second kappa shape index (κ2) is 15.3. The highest BCUT2D eigenvalue weighted by Crippen LogP contribution is 2.35. The van der Waals surface area contributed by atoms with Gasteiger partial charge in [-0.1, -0.05) is 42.5 Å². The van der Waals surface area contributed by atoms with E-state index in [1.54, 1.807) is 37.8 Å². The summed E-state index contributed by atoms with van der Waals surface area (Å²) in [6, 6.07) is 19.9. The summed E-state index contributed by atoms with van der Waals surface area (Å²) < 4.78 is 65.0. The van der Waals surface area contributed by atoms with Crippen LogP contribution >= 0.6 is 0 Å². The third-order valence-corrected chi connectivity index (χ3v) is 8.53. The zero-order valence-electron chi connectivity index (χ0n) is 28.2. The molecule has 11 heteroatoms. The molecule has 1 atom stereocenters. The van der Waals surface area contributed by atoms with E-state index in [1.807, 2.05) is 24.3 Å². The van der Waals surface area contributed by atoms with Crippen LogP contribution in [0.25, 0.3) is 0 Å². The van der Waals surface area contributed by atoms with E-state index in [1.165, 1.54) is 30.3 Å². The number of carbonyl (C=O) groups is 2. The molecule has 0 spiro atoms. The lowest BCUT2D eigenvalue weighted by Crippen LogP contribution is -2.41. The Morgan fingerprint density at radius 1 is 0.880 bits per heavy atom. The summed E-state index contributed by atoms with van der Waals surface area (Å²) in [5.74, 6) is -1.09. The van der Waals surface area contributed by atoms with Crippen molar-refractivity contribution in [3.05, 3.63) is 129 Å². The summed E-state index contributed by atoms with van der Waals surface area (Å²) in [4.78, 5) is 31.1. The Hall–Kier alpha value is -4.93. The van der Waals surface area contributed by atoms with E-state index in [0.29, 0.717) is 49.1 Å². The Kier molecular flexibility index (Phi) is 11.1. The number of benzene rings is 3. The highest BCUT2D eigenvalue weighted by Gasteiger charge is 2.33. The maximum absolute atomic E-state index is 14.5. The summed E-state index contributed by atoms with van der Waals surface area (Å²) in [6.45, 7) is 5.74. The molecule has 50 heavy (non-hydrogen) atoms. The number of ether oxygens (including phenoxy) is 2. The first kappa shape index (κ1) is 36.4. The van der Waals surface area contributed by atoms with E-state index in [2.05, 4.69) is 4.98 Å². The van der Waals surface area contributed by atoms with Gasteiger partial charge in [-0.15, -0.1) is 0 Å². The Morgan fingerprint density at radius 2 is 1.52 bits per heavy atom. The molecule has 1 unspecified atom stereocenters. The summed E-state index contributed by atoms with van der Waals surface area (Å²) >= 11 is 0. The van der Waals surface area contributed by atoms with Gasteiger partial charge in [0.05, 0.1) is 11.6 Å². The van der Waals surface area contributed by atoms with Gasteiger partial charge in [-0.2, -0.15) is 13.2 Å². The highest BCUT2D eigenvalue weighted by atomic mass is 19.4. The summed E-state index contributed by atoms with van der Waals surface area (Å²) in [5.41, 5.74) is 3.21. The number of rotatable bonds is 11. The van der Waals surface area contributed by atoms with Crippen LogP contribution in [-0.4, -0.2) is 39.2 Å². The number of hydrogen-bond donors (Lipinski definition) is 1. The van der Waals surface area contributed by atoms with Crippen molar-refractivity contribution in [3.63, 3.8) is 0 Å². The Bertz CT molecular complexity index is 1800. The van der Waals surface area contributed by atoms with Crippen LogP contribution in [0.2, 0.25) is 0 Å². The van der Waals surface area contributed by atoms with Crippen molar-refractivity contribution < 1.29 is 41.7 Å². The molecular formula is C39H40F4N2O5. The van der Waals surface area contributed by atoms with Gasteiger partial charge in [-0.3, -0.25) is 0 Å². The van der Waals surface area contributed by atoms with Gasteiger partial charge in [0.15, 0.2) is 0 Å². The molecule has 1 aliphatic carbocycles. The number of aryl methyl sites for hydroxylation is 3. The molecule has 0 saturated heterocycles. The van der Waals surface area contributed by atoms with Gasteiger partial charge >= 0.3 is 18.2 Å². The Labute approximate surface area is 288 Å². The number of aromatic carboxylic acids is 1. The first-order valence-corrected chi connectivity index (χ1v) is 16.5. The van der Waals surface area contributed by atoms with Gasteiger partial charge in [-0.05, 0) is 124 Å². The lowest BCUT2D eigenvalue weighted by atomic mass is 9.89. The predicted octanol–water partition coefficient (Wildman–Crippen LogP) is 9.16. The fraction of sp³-hybridized carbons (Fsp3) is 0.359. The second-order valence-electron chi connectivity index (χ2n) is 13.4. The van der Waals surface area contributed by atoms with Crippen LogP contribution in [-0.2, 0) is 43.2 Å². The molecule has 3 aromatic carbocycles. The van der Waals surface area contributed by atoms with Gasteiger partial charge < -0.3 is 19.5 Å². The van der Waals surface area contributed by atoms with E-state index in [0.717, 1.165) is 34.4 Å². The molecule has 264 valence electrons. The zero-order chi connectivity index (χ0) is 36.1. The number of alkyl halides is 3. The number of nitrogens with zero attached hydrogens (tertiary/aromatic N) is 2. The highest BCUT2D eigenvalue weighted by molar-refractivity contribution is 5.85. The monoisotopic (exact) mass is 692 g/mol. The maximum atomic E-state index is 14.5. The van der Waals surface area contributed by atoms with Gasteiger partial charge in [0.1, 0.15) is 29.5 Å². The number of carbonyl (C=O) groups excluding carboxylic acids is 1. The van der Waals surface area contributed by atoms with Crippen LogP contribution < -0.4 is 4.74 Å². The number of hydrogen-bond acceptors (Lipinski definition) is 5. The average Bonchev–Trinajstić information content (AvgIpc) is 3.06. The maximum Gasteiger partial charge on any atom is 0.416 e. The van der Waals surface area contributed by atoms with E-state index in [4.69, 9.17) is 9.47 Å². The molecule has 1 amide bonds. The van der Waals surface area contributed by atoms with Crippen molar-refractivity contribution >= 4 is 12.1 Å². The van der Waals surface area contributed by atoms with E-state index in [-0.39, 0.29) is 25.3 Å². The lowest BCUT2D eigenvalue weighted by molar-refractivity contribution is -0.137. The first-order valence-electron chi connectivity index (χ1n) is 16.5. The van der Waals surface area contributed by atoms with Crippen LogP contribution in [0.1, 0.15) is 89.2 Å². The number of fused-ring (bicyclic) bond motifs is 1. The number of aromatic nitrogens is 1. The molecule has 0 bridgehead atoms. The minimum Gasteiger partial charge on any atom is -0.489 e. The summed E-state index contributed by atoms with van der Waals surface area (Å²) in [6.07, 6.45) is -1.44. The normalized spacial score (nSPS) is 14.5. The third-order valence-electron chi connectivity index (χ3n) is 8.53. The average molecular weight is 693 g/mol. The van der Waals surface area contributed by atoms with Crippen LogP contribution in [0.15, 0.2) is 78.9 Å². The van der Waals surface area contributed by atoms with Crippen molar-refractivity contribution in [2.24, 2.45) is 0 Å². The molecule has 1 aromatic heterocycles. The number of carboxylic acids is 1. The van der Waals surface area contributed by atoms with Crippen molar-refractivity contribution in [3.8, 4) is 5.75 Å². The van der Waals surface area contributed by atoms with Crippen molar-refractivity contribution in [2.75, 3.05) is 6.54 Å². The van der Waals surface area contributed by atoms with Crippen molar-refractivity contribution in [1.82, 2.24) is 9.88 Å². The van der Waals surface area contributed by atoms with Crippen molar-refractivity contribution in [2.45, 2.75) is 83.7 Å². The molecule has 1 N–H and O–H groups in total. The zero-order valence-corrected chi connectivity index (χ0v) is 28.2. The largest absolute Gasteiger partial charge is 0.489 e. The van der Waals surface area contributed by atoms with E-state index >= 15 is 0 Å². The van der Waals surface area contributed by atoms with E-state index in [9.17, 15) is 32.3 Å². The Balaban J connectivity index is 1.26. The fourth-order valence-corrected chi connectivity index (χ4v) is 6.01. The molecular weight excluding hydrogens is 652 g/mol. The number of carboxylic acid groups (broad SMARTS) is 1. The summed E-state index contributed by atoms with van der Waals surface area (Å²) in [5, 5.41) is 9.44. The van der Waals surface area contributed by atoms with Crippen LogP contribution in [0, 0.1) is 5.82 Å². The molecule has 0 fully saturated rings. The molecule has 4 aromatic rings. The SMILES string of the molecule is CC(C)(C)OC(=O)N(CCc1cc(F)ccc1OCc1ccc(CCc2ccc(C(F)(F)F)cc2)cc1)C1CCCc2nc(C(=O)O)ccc21. The quantitative estimate of drug-likeness (QED) is 0.158. The number of pyridine rings is 1. The van der Waals surface area contributed by atoms with Gasteiger partial charge in [0, 0.05) is 12.2 Å². The molecule has 1 aliphatic rings. The summed E-state index contributed by atoms with van der Waals surface area (Å²) in [7, 11) is 0. The topological polar surface area (TPSA) is 89.0 Å². The van der Waals surface area contributed by atoms with Gasteiger partial charge in [-0.25, -0.2) is 19.0 Å². The number of amides is 1. The van der Waals surface area contributed by atoms with Gasteiger partial charge in [0.25, 0.3) is 0 Å². The standard InChI is InChI=1S/C39H40F4N2O5/c1-38(2,3)50-37(48)45(34-6-4-5-32-31(34)18-19-33(44-32)36(46)47)22-21-28-23-30(40)17-20-35(28)49-24-27-11-9-25(10-12-27)7-8-26-13-15-29(16-14-26)39(41,42)43/h9-20,23,34H,4-8,21-22,24H2,1-3H3,(H,46,47). The number of halogens is 4. The van der Waals surface area contributed by atoms with Crippen LogP contribution in [0.5, 0.6) is 5.75 Å². The molecule has 1 heterocycles. The molecule has 0 aliphatic heterocycles. The molecule has 0 radical (unpaired) electrons. The third kappa shape index (κ3) is 9.61. The Morgan fingerprint density at radius 3 is 2.14 bits per heavy atom. The fourth-order valence-electron chi connectivity index (χ4n) is 6.01. The van der Waals surface area contributed by atoms with E-state index < -0.39 is 41.3 Å². The first-order chi connectivity index (χ1) is 23.7. The predicted molar refractivity (Wildman–Crippen MR) is 180 cm³/mol. The van der Waals surface area contributed by atoms with Crippen LogP contribution in [0.3, 0.4) is 0 Å². The lowest BCUT2D eigenvalue weighted by Gasteiger charge is -2.36. The molecule has 5 rings (SSSR count). The van der Waals surface area contributed by atoms with Crippen LogP contribution in [0.4, 0.5) is 22.4 Å².